The van der Waals surface area contributed by atoms with Gasteiger partial charge in [0.15, 0.2) is 5.78 Å². The zero-order valence-electron chi connectivity index (χ0n) is 11.1. The van der Waals surface area contributed by atoms with Gasteiger partial charge >= 0.3 is 0 Å². The average Bonchev–Trinajstić information content (AvgIpc) is 2.46. The molecule has 4 heteroatoms. The topological polar surface area (TPSA) is 77.8 Å². The third kappa shape index (κ3) is 4.24. The summed E-state index contributed by atoms with van der Waals surface area (Å²) in [6, 6.07) is 10.6. The Hall–Kier alpha value is -3.01. The highest BCUT2D eigenvalue weighted by Crippen LogP contribution is 2.23. The third-order valence-corrected chi connectivity index (χ3v) is 2.77. The second-order valence-corrected chi connectivity index (χ2v) is 4.40. The molecule has 0 spiro atoms. The van der Waals surface area contributed by atoms with E-state index in [0.717, 1.165) is 5.56 Å². The van der Waals surface area contributed by atoms with E-state index in [1.165, 1.54) is 48.6 Å². The van der Waals surface area contributed by atoms with Crippen LogP contribution in [-0.2, 0) is 4.79 Å². The minimum absolute atomic E-state index is 0.0387. The van der Waals surface area contributed by atoms with Crippen LogP contribution in [0.25, 0.3) is 12.2 Å². The SMILES string of the molecule is O=C(/C=C/c1ccc(O)cc1)/C=C/c1ccc(O)cc1O. The van der Waals surface area contributed by atoms with Crippen molar-refractivity contribution in [3.8, 4) is 17.2 Å². The van der Waals surface area contributed by atoms with E-state index in [-0.39, 0.29) is 23.0 Å². The molecular formula is C17H14O4. The van der Waals surface area contributed by atoms with E-state index in [1.54, 1.807) is 18.2 Å². The molecule has 0 amide bonds. The summed E-state index contributed by atoms with van der Waals surface area (Å²) in [7, 11) is 0. The summed E-state index contributed by atoms with van der Waals surface area (Å²) >= 11 is 0. The molecular weight excluding hydrogens is 268 g/mol. The Morgan fingerprint density at radius 1 is 0.810 bits per heavy atom. The molecule has 0 aliphatic carbocycles. The number of allylic oxidation sites excluding steroid dienone is 2. The van der Waals surface area contributed by atoms with E-state index in [2.05, 4.69) is 0 Å². The lowest BCUT2D eigenvalue weighted by molar-refractivity contribution is -0.110. The van der Waals surface area contributed by atoms with Crippen LogP contribution in [0.5, 0.6) is 17.2 Å². The van der Waals surface area contributed by atoms with E-state index < -0.39 is 0 Å². The molecule has 0 saturated carbocycles. The normalized spacial score (nSPS) is 11.2. The minimum atomic E-state index is -0.240. The van der Waals surface area contributed by atoms with Crippen molar-refractivity contribution < 1.29 is 20.1 Å². The highest BCUT2D eigenvalue weighted by Gasteiger charge is 1.99. The first-order valence-electron chi connectivity index (χ1n) is 6.26. The quantitative estimate of drug-likeness (QED) is 0.753. The van der Waals surface area contributed by atoms with Gasteiger partial charge in [-0.3, -0.25) is 4.79 Å². The molecule has 0 saturated heterocycles. The average molecular weight is 282 g/mol. The maximum atomic E-state index is 11.7. The Balaban J connectivity index is 2.04. The van der Waals surface area contributed by atoms with Crippen LogP contribution in [0.15, 0.2) is 54.6 Å². The van der Waals surface area contributed by atoms with Crippen LogP contribution in [-0.4, -0.2) is 21.1 Å². The van der Waals surface area contributed by atoms with Crippen LogP contribution in [0.3, 0.4) is 0 Å². The molecule has 4 nitrogen and oxygen atoms in total. The second kappa shape index (κ2) is 6.43. The van der Waals surface area contributed by atoms with Gasteiger partial charge < -0.3 is 15.3 Å². The molecule has 0 heterocycles. The van der Waals surface area contributed by atoms with E-state index >= 15 is 0 Å². The van der Waals surface area contributed by atoms with Gasteiger partial charge in [-0.25, -0.2) is 0 Å². The fourth-order valence-electron chi connectivity index (χ4n) is 1.66. The van der Waals surface area contributed by atoms with E-state index in [0.29, 0.717) is 5.56 Å². The van der Waals surface area contributed by atoms with E-state index in [1.807, 2.05) is 0 Å². The van der Waals surface area contributed by atoms with Crippen molar-refractivity contribution in [2.24, 2.45) is 0 Å². The first-order chi connectivity index (χ1) is 10.0. The fourth-order valence-corrected chi connectivity index (χ4v) is 1.66. The third-order valence-electron chi connectivity index (χ3n) is 2.77. The number of benzene rings is 2. The molecule has 0 aromatic heterocycles. The van der Waals surface area contributed by atoms with E-state index in [4.69, 9.17) is 10.2 Å². The standard InChI is InChI=1S/C17H14O4/c18-14-6-1-12(2-7-14)3-8-15(19)9-4-13-5-10-16(20)11-17(13)21/h1-11,18,20-21H/b8-3+,9-4+. The van der Waals surface area contributed by atoms with Crippen molar-refractivity contribution in [1.29, 1.82) is 0 Å². The number of phenolic OH excluding ortho intramolecular Hbond substituents is 3. The maximum Gasteiger partial charge on any atom is 0.178 e. The number of hydrogen-bond donors (Lipinski definition) is 3. The van der Waals surface area contributed by atoms with Crippen molar-refractivity contribution in [1.82, 2.24) is 0 Å². The first-order valence-corrected chi connectivity index (χ1v) is 6.26. The lowest BCUT2D eigenvalue weighted by Gasteiger charge is -1.98. The van der Waals surface area contributed by atoms with Gasteiger partial charge in [0.2, 0.25) is 0 Å². The van der Waals surface area contributed by atoms with Crippen molar-refractivity contribution in [2.75, 3.05) is 0 Å². The molecule has 0 unspecified atom stereocenters. The van der Waals surface area contributed by atoms with Gasteiger partial charge in [0.1, 0.15) is 17.2 Å². The summed E-state index contributed by atoms with van der Waals surface area (Å²) in [5, 5.41) is 27.9. The predicted octanol–water partition coefficient (Wildman–Crippen LogP) is 3.10. The predicted molar refractivity (Wildman–Crippen MR) is 81.0 cm³/mol. The Bertz CT molecular complexity index is 697. The summed E-state index contributed by atoms with van der Waals surface area (Å²) in [4.78, 5) is 11.7. The van der Waals surface area contributed by atoms with Crippen molar-refractivity contribution in [3.05, 3.63) is 65.7 Å². The molecule has 0 atom stereocenters. The summed E-state index contributed by atoms with van der Waals surface area (Å²) in [5.74, 6) is -0.207. The van der Waals surface area contributed by atoms with Crippen LogP contribution in [0.4, 0.5) is 0 Å². The Kier molecular flexibility index (Phi) is 4.41. The fraction of sp³-hybridized carbons (Fsp3) is 0. The second-order valence-electron chi connectivity index (χ2n) is 4.40. The Morgan fingerprint density at radius 2 is 1.43 bits per heavy atom. The van der Waals surface area contributed by atoms with Crippen molar-refractivity contribution in [2.45, 2.75) is 0 Å². The number of aromatic hydroxyl groups is 3. The summed E-state index contributed by atoms with van der Waals surface area (Å²) in [6.07, 6.45) is 5.81. The van der Waals surface area contributed by atoms with Gasteiger partial charge in [0, 0.05) is 11.6 Å². The van der Waals surface area contributed by atoms with Gasteiger partial charge in [-0.1, -0.05) is 18.2 Å². The van der Waals surface area contributed by atoms with Crippen LogP contribution >= 0.6 is 0 Å². The molecule has 0 aliphatic heterocycles. The maximum absolute atomic E-state index is 11.7. The molecule has 3 N–H and O–H groups in total. The van der Waals surface area contributed by atoms with Gasteiger partial charge in [-0.15, -0.1) is 0 Å². The lowest BCUT2D eigenvalue weighted by atomic mass is 10.1. The van der Waals surface area contributed by atoms with Crippen molar-refractivity contribution >= 4 is 17.9 Å². The molecule has 21 heavy (non-hydrogen) atoms. The minimum Gasteiger partial charge on any atom is -0.508 e. The number of rotatable bonds is 4. The number of carbonyl (C=O) groups is 1. The zero-order chi connectivity index (χ0) is 15.2. The molecule has 106 valence electrons. The van der Waals surface area contributed by atoms with Gasteiger partial charge in [0.25, 0.3) is 0 Å². The van der Waals surface area contributed by atoms with Crippen LogP contribution in [0.2, 0.25) is 0 Å². The number of carbonyl (C=O) groups excluding carboxylic acids is 1. The molecule has 2 rings (SSSR count). The van der Waals surface area contributed by atoms with Crippen molar-refractivity contribution in [3.63, 3.8) is 0 Å². The molecule has 0 bridgehead atoms. The Labute approximate surface area is 121 Å². The molecule has 0 radical (unpaired) electrons. The number of hydrogen-bond acceptors (Lipinski definition) is 4. The molecule has 2 aromatic carbocycles. The molecule has 0 fully saturated rings. The monoisotopic (exact) mass is 282 g/mol. The zero-order valence-corrected chi connectivity index (χ0v) is 11.1. The van der Waals surface area contributed by atoms with Gasteiger partial charge in [-0.05, 0) is 48.1 Å². The molecule has 0 aliphatic rings. The first kappa shape index (κ1) is 14.4. The van der Waals surface area contributed by atoms with E-state index in [9.17, 15) is 9.90 Å². The molecule has 2 aromatic rings. The highest BCUT2D eigenvalue weighted by atomic mass is 16.3. The van der Waals surface area contributed by atoms with Gasteiger partial charge in [-0.2, -0.15) is 0 Å². The van der Waals surface area contributed by atoms with Crippen LogP contribution in [0, 0.1) is 0 Å². The highest BCUT2D eigenvalue weighted by molar-refractivity contribution is 6.04. The summed E-state index contributed by atoms with van der Waals surface area (Å²) in [5.41, 5.74) is 1.24. The van der Waals surface area contributed by atoms with Crippen LogP contribution < -0.4 is 0 Å². The smallest absolute Gasteiger partial charge is 0.178 e. The Morgan fingerprint density at radius 3 is 2.10 bits per heavy atom. The summed E-state index contributed by atoms with van der Waals surface area (Å²) < 4.78 is 0. The summed E-state index contributed by atoms with van der Waals surface area (Å²) in [6.45, 7) is 0. The number of ketones is 1. The van der Waals surface area contributed by atoms with Crippen LogP contribution in [0.1, 0.15) is 11.1 Å². The lowest BCUT2D eigenvalue weighted by Crippen LogP contribution is -1.85. The largest absolute Gasteiger partial charge is 0.508 e. The van der Waals surface area contributed by atoms with Gasteiger partial charge in [0.05, 0.1) is 0 Å². The number of phenols is 3.